The lowest BCUT2D eigenvalue weighted by molar-refractivity contribution is -0.115. The molecule has 0 spiro atoms. The molecule has 0 unspecified atom stereocenters. The maximum absolute atomic E-state index is 12.1. The molecule has 134 valence electrons. The van der Waals surface area contributed by atoms with E-state index in [2.05, 4.69) is 39.6 Å². The number of aryl methyl sites for hydroxylation is 1. The summed E-state index contributed by atoms with van der Waals surface area (Å²) in [6.45, 7) is 2.96. The van der Waals surface area contributed by atoms with Crippen LogP contribution in [0.3, 0.4) is 0 Å². The van der Waals surface area contributed by atoms with E-state index in [0.717, 1.165) is 36.0 Å². The first-order valence-electron chi connectivity index (χ1n) is 9.01. The van der Waals surface area contributed by atoms with Crippen LogP contribution in [0.1, 0.15) is 19.8 Å². The second kappa shape index (κ2) is 6.71. The Balaban J connectivity index is 1.50. The van der Waals surface area contributed by atoms with Gasteiger partial charge in [0.1, 0.15) is 0 Å². The normalized spacial score (nSPS) is 13.7. The number of nitrogens with zero attached hydrogens (tertiary/aromatic N) is 1. The number of amides is 3. The van der Waals surface area contributed by atoms with Crippen LogP contribution in [-0.4, -0.2) is 29.1 Å². The van der Waals surface area contributed by atoms with Crippen molar-refractivity contribution >= 4 is 39.4 Å². The standard InChI is InChI=1S/C20H22N4O2/c1-2-24-17-6-4-3-5-15(17)16-11-14(9-10-18(16)24)22-19(25)12-21-20(26)23-13-7-8-13/h3-6,9-11,13H,2,7-8,12H2,1H3,(H,22,25)(H2,21,23,26). The Labute approximate surface area is 151 Å². The number of carbonyl (C=O) groups is 2. The SMILES string of the molecule is CCn1c2ccccc2c2cc(NC(=O)CNC(=O)NC3CC3)ccc21. The Kier molecular flexibility index (Phi) is 4.24. The topological polar surface area (TPSA) is 75.2 Å². The third-order valence-corrected chi connectivity index (χ3v) is 4.69. The highest BCUT2D eigenvalue weighted by molar-refractivity contribution is 6.10. The maximum Gasteiger partial charge on any atom is 0.315 e. The monoisotopic (exact) mass is 350 g/mol. The van der Waals surface area contributed by atoms with Gasteiger partial charge in [-0.1, -0.05) is 18.2 Å². The highest BCUT2D eigenvalue weighted by Gasteiger charge is 2.23. The average molecular weight is 350 g/mol. The van der Waals surface area contributed by atoms with Gasteiger partial charge in [-0.25, -0.2) is 4.79 Å². The first-order chi connectivity index (χ1) is 12.7. The highest BCUT2D eigenvalue weighted by Crippen LogP contribution is 2.30. The van der Waals surface area contributed by atoms with Gasteiger partial charge >= 0.3 is 6.03 Å². The van der Waals surface area contributed by atoms with Crippen LogP contribution in [0, 0.1) is 0 Å². The fourth-order valence-electron chi connectivity index (χ4n) is 3.30. The van der Waals surface area contributed by atoms with Crippen molar-refractivity contribution < 1.29 is 9.59 Å². The lowest BCUT2D eigenvalue weighted by Crippen LogP contribution is -2.40. The molecule has 1 saturated carbocycles. The Morgan fingerprint density at radius 3 is 2.62 bits per heavy atom. The van der Waals surface area contributed by atoms with Crippen molar-refractivity contribution in [3.05, 3.63) is 42.5 Å². The lowest BCUT2D eigenvalue weighted by atomic mass is 10.1. The number of hydrogen-bond acceptors (Lipinski definition) is 2. The Hall–Kier alpha value is -3.02. The summed E-state index contributed by atoms with van der Waals surface area (Å²) in [4.78, 5) is 23.7. The van der Waals surface area contributed by atoms with Crippen molar-refractivity contribution in [3.8, 4) is 0 Å². The fourth-order valence-corrected chi connectivity index (χ4v) is 3.30. The minimum Gasteiger partial charge on any atom is -0.341 e. The van der Waals surface area contributed by atoms with Gasteiger partial charge in [0, 0.05) is 40.1 Å². The number of rotatable bonds is 5. The first-order valence-corrected chi connectivity index (χ1v) is 9.01. The number of nitrogens with one attached hydrogen (secondary N) is 3. The van der Waals surface area contributed by atoms with Crippen molar-refractivity contribution in [1.29, 1.82) is 0 Å². The van der Waals surface area contributed by atoms with Gasteiger partial charge in [0.2, 0.25) is 5.91 Å². The van der Waals surface area contributed by atoms with Crippen molar-refractivity contribution in [3.63, 3.8) is 0 Å². The van der Waals surface area contributed by atoms with Crippen molar-refractivity contribution in [2.45, 2.75) is 32.4 Å². The molecule has 3 N–H and O–H groups in total. The maximum atomic E-state index is 12.1. The minimum absolute atomic E-state index is 0.0483. The summed E-state index contributed by atoms with van der Waals surface area (Å²) >= 11 is 0. The number of para-hydroxylation sites is 1. The van der Waals surface area contributed by atoms with Gasteiger partial charge in [0.25, 0.3) is 0 Å². The molecule has 4 rings (SSSR count). The van der Waals surface area contributed by atoms with E-state index in [4.69, 9.17) is 0 Å². The molecule has 1 fully saturated rings. The molecule has 1 heterocycles. The van der Waals surface area contributed by atoms with Crippen LogP contribution in [0.4, 0.5) is 10.5 Å². The Morgan fingerprint density at radius 1 is 1.08 bits per heavy atom. The van der Waals surface area contributed by atoms with E-state index < -0.39 is 0 Å². The van der Waals surface area contributed by atoms with Crippen LogP contribution in [0.15, 0.2) is 42.5 Å². The average Bonchev–Trinajstić information content (AvgIpc) is 3.40. The zero-order valence-corrected chi connectivity index (χ0v) is 14.7. The lowest BCUT2D eigenvalue weighted by Gasteiger charge is -2.08. The zero-order chi connectivity index (χ0) is 18.1. The molecule has 1 aromatic heterocycles. The molecule has 0 radical (unpaired) electrons. The van der Waals surface area contributed by atoms with Crippen molar-refractivity contribution in [2.75, 3.05) is 11.9 Å². The number of urea groups is 1. The van der Waals surface area contributed by atoms with E-state index in [1.54, 1.807) is 0 Å². The third kappa shape index (κ3) is 3.22. The van der Waals surface area contributed by atoms with Gasteiger partial charge in [0.15, 0.2) is 0 Å². The van der Waals surface area contributed by atoms with E-state index >= 15 is 0 Å². The summed E-state index contributed by atoms with van der Waals surface area (Å²) < 4.78 is 2.26. The molecular weight excluding hydrogens is 328 g/mol. The molecule has 0 aliphatic heterocycles. The molecule has 0 atom stereocenters. The summed E-state index contributed by atoms with van der Waals surface area (Å²) in [5.41, 5.74) is 3.06. The largest absolute Gasteiger partial charge is 0.341 e. The van der Waals surface area contributed by atoms with Crippen LogP contribution in [0.2, 0.25) is 0 Å². The number of hydrogen-bond donors (Lipinski definition) is 3. The Bertz CT molecular complexity index is 988. The summed E-state index contributed by atoms with van der Waals surface area (Å²) in [6, 6.07) is 14.2. The van der Waals surface area contributed by atoms with Gasteiger partial charge in [-0.15, -0.1) is 0 Å². The number of benzene rings is 2. The molecule has 6 nitrogen and oxygen atoms in total. The summed E-state index contributed by atoms with van der Waals surface area (Å²) in [6.07, 6.45) is 2.04. The molecule has 3 aromatic rings. The molecule has 3 amide bonds. The second-order valence-electron chi connectivity index (χ2n) is 6.64. The van der Waals surface area contributed by atoms with Crippen molar-refractivity contribution in [1.82, 2.24) is 15.2 Å². The molecule has 0 saturated heterocycles. The number of anilines is 1. The predicted molar refractivity (Wildman–Crippen MR) is 103 cm³/mol. The molecule has 1 aliphatic rings. The first kappa shape index (κ1) is 16.4. The van der Waals surface area contributed by atoms with Gasteiger partial charge in [-0.05, 0) is 44.0 Å². The van der Waals surface area contributed by atoms with Crippen molar-refractivity contribution in [2.24, 2.45) is 0 Å². The van der Waals surface area contributed by atoms with Crippen LogP contribution >= 0.6 is 0 Å². The van der Waals surface area contributed by atoms with E-state index in [1.807, 2.05) is 30.3 Å². The number of aromatic nitrogens is 1. The molecule has 6 heteroatoms. The van der Waals surface area contributed by atoms with Gasteiger partial charge < -0.3 is 20.5 Å². The van der Waals surface area contributed by atoms with Crippen LogP contribution in [0.5, 0.6) is 0 Å². The van der Waals surface area contributed by atoms with Gasteiger partial charge in [-0.3, -0.25) is 4.79 Å². The molecular formula is C20H22N4O2. The summed E-state index contributed by atoms with van der Waals surface area (Å²) in [5.74, 6) is -0.241. The summed E-state index contributed by atoms with van der Waals surface area (Å²) in [7, 11) is 0. The Morgan fingerprint density at radius 2 is 1.85 bits per heavy atom. The minimum atomic E-state index is -0.288. The number of fused-ring (bicyclic) bond motifs is 3. The second-order valence-corrected chi connectivity index (χ2v) is 6.64. The van der Waals surface area contributed by atoms with Crippen LogP contribution in [-0.2, 0) is 11.3 Å². The highest BCUT2D eigenvalue weighted by atomic mass is 16.2. The van der Waals surface area contributed by atoms with Crippen LogP contribution in [0.25, 0.3) is 21.8 Å². The van der Waals surface area contributed by atoms with Gasteiger partial charge in [0.05, 0.1) is 6.54 Å². The van der Waals surface area contributed by atoms with E-state index in [9.17, 15) is 9.59 Å². The smallest absolute Gasteiger partial charge is 0.315 e. The molecule has 26 heavy (non-hydrogen) atoms. The van der Waals surface area contributed by atoms with Crippen LogP contribution < -0.4 is 16.0 Å². The van der Waals surface area contributed by atoms with Gasteiger partial charge in [-0.2, -0.15) is 0 Å². The quantitative estimate of drug-likeness (QED) is 0.661. The predicted octanol–water partition coefficient (Wildman–Crippen LogP) is 3.21. The summed E-state index contributed by atoms with van der Waals surface area (Å²) in [5, 5.41) is 10.5. The molecule has 2 aromatic carbocycles. The molecule has 0 bridgehead atoms. The third-order valence-electron chi connectivity index (χ3n) is 4.69. The zero-order valence-electron chi connectivity index (χ0n) is 14.7. The fraction of sp³-hybridized carbons (Fsp3) is 0.300. The number of carbonyl (C=O) groups excluding carboxylic acids is 2. The van der Waals surface area contributed by atoms with E-state index in [1.165, 1.54) is 10.9 Å². The van der Waals surface area contributed by atoms with E-state index in [-0.39, 0.29) is 24.5 Å². The van der Waals surface area contributed by atoms with E-state index in [0.29, 0.717) is 0 Å². The molecule has 1 aliphatic carbocycles.